The van der Waals surface area contributed by atoms with Gasteiger partial charge < -0.3 is 14.6 Å². The van der Waals surface area contributed by atoms with Crippen LogP contribution >= 0.6 is 0 Å². The fourth-order valence-corrected chi connectivity index (χ4v) is 3.91. The molecule has 3 aromatic rings. The minimum Gasteiger partial charge on any atom is -0.376 e. The molecule has 0 radical (unpaired) electrons. The first kappa shape index (κ1) is 18.8. The summed E-state index contributed by atoms with van der Waals surface area (Å²) in [5.41, 5.74) is 5.01. The first-order valence-corrected chi connectivity index (χ1v) is 10.2. The molecule has 28 heavy (non-hydrogen) atoms. The number of hydrogen-bond acceptors (Lipinski definition) is 2. The zero-order valence-corrected chi connectivity index (χ0v) is 16.5. The minimum absolute atomic E-state index is 0.103. The molecule has 1 amide bonds. The molecule has 4 heteroatoms. The van der Waals surface area contributed by atoms with Crippen molar-refractivity contribution in [1.29, 1.82) is 0 Å². The van der Waals surface area contributed by atoms with E-state index in [-0.39, 0.29) is 12.0 Å². The number of benzene rings is 2. The van der Waals surface area contributed by atoms with Crippen molar-refractivity contribution in [3.8, 4) is 0 Å². The fraction of sp³-hybridized carbons (Fsp3) is 0.375. The standard InChI is InChI=1S/C24H28N2O2/c1-18-8-10-19(11-9-18)16-26-17-20(22-6-2-3-7-23(22)26)12-13-24(27)25-15-21-5-4-14-28-21/h2-3,6-11,17,21H,4-5,12-16H2,1H3,(H,25,27)/t21-/m0/s1. The lowest BCUT2D eigenvalue weighted by atomic mass is 10.1. The van der Waals surface area contributed by atoms with Crippen LogP contribution in [0.1, 0.15) is 36.0 Å². The number of ether oxygens (including phenoxy) is 1. The Hall–Kier alpha value is -2.59. The normalized spacial score (nSPS) is 16.5. The highest BCUT2D eigenvalue weighted by molar-refractivity contribution is 5.85. The van der Waals surface area contributed by atoms with Gasteiger partial charge in [-0.05, 0) is 43.4 Å². The van der Waals surface area contributed by atoms with Crippen molar-refractivity contribution in [2.24, 2.45) is 0 Å². The summed E-state index contributed by atoms with van der Waals surface area (Å²) < 4.78 is 7.86. The second kappa shape index (κ2) is 8.61. The molecule has 146 valence electrons. The van der Waals surface area contributed by atoms with Gasteiger partial charge in [0.2, 0.25) is 5.91 Å². The molecule has 1 N–H and O–H groups in total. The highest BCUT2D eigenvalue weighted by Gasteiger charge is 2.16. The Morgan fingerprint density at radius 1 is 1.18 bits per heavy atom. The van der Waals surface area contributed by atoms with Gasteiger partial charge in [-0.25, -0.2) is 0 Å². The number of amides is 1. The van der Waals surface area contributed by atoms with Crippen molar-refractivity contribution in [3.63, 3.8) is 0 Å². The summed E-state index contributed by atoms with van der Waals surface area (Å²) in [6.07, 6.45) is 5.80. The van der Waals surface area contributed by atoms with E-state index in [0.29, 0.717) is 13.0 Å². The number of para-hydroxylation sites is 1. The molecule has 0 saturated carbocycles. The average Bonchev–Trinajstić information content (AvgIpc) is 3.35. The van der Waals surface area contributed by atoms with Crippen molar-refractivity contribution in [2.75, 3.05) is 13.2 Å². The molecule has 0 aliphatic carbocycles. The molecule has 1 aliphatic heterocycles. The van der Waals surface area contributed by atoms with E-state index in [4.69, 9.17) is 4.74 Å². The van der Waals surface area contributed by atoms with E-state index in [9.17, 15) is 4.79 Å². The number of rotatable bonds is 7. The maximum Gasteiger partial charge on any atom is 0.220 e. The van der Waals surface area contributed by atoms with Crippen LogP contribution in [0.2, 0.25) is 0 Å². The molecule has 1 atom stereocenters. The SMILES string of the molecule is Cc1ccc(Cn2cc(CCC(=O)NC[C@@H]3CCCO3)c3ccccc32)cc1. The predicted molar refractivity (Wildman–Crippen MR) is 113 cm³/mol. The Balaban J connectivity index is 1.43. The van der Waals surface area contributed by atoms with Gasteiger partial charge in [-0.15, -0.1) is 0 Å². The van der Waals surface area contributed by atoms with Gasteiger partial charge in [0.1, 0.15) is 0 Å². The zero-order chi connectivity index (χ0) is 19.3. The largest absolute Gasteiger partial charge is 0.376 e. The summed E-state index contributed by atoms with van der Waals surface area (Å²) in [6, 6.07) is 17.1. The second-order valence-electron chi connectivity index (χ2n) is 7.72. The third kappa shape index (κ3) is 4.45. The number of carbonyl (C=O) groups is 1. The average molecular weight is 377 g/mol. The maximum atomic E-state index is 12.3. The number of carbonyl (C=O) groups excluding carboxylic acids is 1. The Morgan fingerprint density at radius 3 is 2.79 bits per heavy atom. The number of aromatic nitrogens is 1. The summed E-state index contributed by atoms with van der Waals surface area (Å²) in [5, 5.41) is 4.26. The first-order chi connectivity index (χ1) is 13.7. The van der Waals surface area contributed by atoms with Crippen LogP contribution in [0.15, 0.2) is 54.7 Å². The van der Waals surface area contributed by atoms with Crippen molar-refractivity contribution in [2.45, 2.75) is 45.3 Å². The van der Waals surface area contributed by atoms with Gasteiger partial charge in [0.15, 0.2) is 0 Å². The lowest BCUT2D eigenvalue weighted by Crippen LogP contribution is -2.31. The van der Waals surface area contributed by atoms with E-state index in [1.54, 1.807) is 0 Å². The molecule has 2 aromatic carbocycles. The molecule has 2 heterocycles. The van der Waals surface area contributed by atoms with Crippen molar-refractivity contribution in [3.05, 3.63) is 71.4 Å². The highest BCUT2D eigenvalue weighted by atomic mass is 16.5. The molecule has 1 fully saturated rings. The maximum absolute atomic E-state index is 12.3. The van der Waals surface area contributed by atoms with Crippen LogP contribution in [-0.4, -0.2) is 29.7 Å². The third-order valence-electron chi connectivity index (χ3n) is 5.52. The van der Waals surface area contributed by atoms with E-state index in [1.807, 2.05) is 0 Å². The Bertz CT molecular complexity index is 937. The smallest absolute Gasteiger partial charge is 0.220 e. The van der Waals surface area contributed by atoms with Crippen LogP contribution in [-0.2, 0) is 22.5 Å². The molecule has 0 bridgehead atoms. The number of nitrogens with one attached hydrogen (secondary N) is 1. The van der Waals surface area contributed by atoms with Crippen molar-refractivity contribution in [1.82, 2.24) is 9.88 Å². The molecule has 1 aromatic heterocycles. The van der Waals surface area contributed by atoms with Crippen LogP contribution in [0, 0.1) is 6.92 Å². The molecule has 1 aliphatic rings. The lowest BCUT2D eigenvalue weighted by molar-refractivity contribution is -0.121. The van der Waals surface area contributed by atoms with E-state index in [2.05, 4.69) is 71.5 Å². The number of aryl methyl sites for hydroxylation is 2. The Kier molecular flexibility index (Phi) is 5.77. The fourth-order valence-electron chi connectivity index (χ4n) is 3.91. The van der Waals surface area contributed by atoms with Crippen LogP contribution in [0.4, 0.5) is 0 Å². The van der Waals surface area contributed by atoms with Crippen LogP contribution < -0.4 is 5.32 Å². The van der Waals surface area contributed by atoms with E-state index < -0.39 is 0 Å². The molecule has 1 saturated heterocycles. The number of nitrogens with zero attached hydrogens (tertiary/aromatic N) is 1. The third-order valence-corrected chi connectivity index (χ3v) is 5.52. The van der Waals surface area contributed by atoms with E-state index in [0.717, 1.165) is 32.4 Å². The van der Waals surface area contributed by atoms with Gasteiger partial charge in [-0.1, -0.05) is 48.0 Å². The molecule has 0 unspecified atom stereocenters. The Labute approximate surface area is 166 Å². The number of hydrogen-bond donors (Lipinski definition) is 1. The van der Waals surface area contributed by atoms with Crippen molar-refractivity contribution < 1.29 is 9.53 Å². The molecular formula is C24H28N2O2. The van der Waals surface area contributed by atoms with Gasteiger partial charge in [0, 0.05) is 43.2 Å². The topological polar surface area (TPSA) is 43.3 Å². The van der Waals surface area contributed by atoms with E-state index >= 15 is 0 Å². The zero-order valence-electron chi connectivity index (χ0n) is 16.5. The van der Waals surface area contributed by atoms with Gasteiger partial charge in [0.05, 0.1) is 6.10 Å². The van der Waals surface area contributed by atoms with Gasteiger partial charge in [-0.3, -0.25) is 4.79 Å². The second-order valence-corrected chi connectivity index (χ2v) is 7.72. The molecular weight excluding hydrogens is 348 g/mol. The summed E-state index contributed by atoms with van der Waals surface area (Å²) >= 11 is 0. The van der Waals surface area contributed by atoms with E-state index in [1.165, 1.54) is 27.6 Å². The number of fused-ring (bicyclic) bond motifs is 1. The first-order valence-electron chi connectivity index (χ1n) is 10.2. The van der Waals surface area contributed by atoms with Gasteiger partial charge in [-0.2, -0.15) is 0 Å². The van der Waals surface area contributed by atoms with Gasteiger partial charge >= 0.3 is 0 Å². The summed E-state index contributed by atoms with van der Waals surface area (Å²) in [6.45, 7) is 4.40. The summed E-state index contributed by atoms with van der Waals surface area (Å²) in [7, 11) is 0. The Morgan fingerprint density at radius 2 is 2.00 bits per heavy atom. The minimum atomic E-state index is 0.103. The lowest BCUT2D eigenvalue weighted by Gasteiger charge is -2.10. The molecule has 4 nitrogen and oxygen atoms in total. The van der Waals surface area contributed by atoms with Crippen LogP contribution in [0.3, 0.4) is 0 Å². The summed E-state index contributed by atoms with van der Waals surface area (Å²) in [5.74, 6) is 0.103. The molecule has 4 rings (SSSR count). The van der Waals surface area contributed by atoms with Crippen molar-refractivity contribution >= 4 is 16.8 Å². The van der Waals surface area contributed by atoms with Crippen LogP contribution in [0.25, 0.3) is 10.9 Å². The predicted octanol–water partition coefficient (Wildman–Crippen LogP) is 4.23. The quantitative estimate of drug-likeness (QED) is 0.671. The highest BCUT2D eigenvalue weighted by Crippen LogP contribution is 2.24. The van der Waals surface area contributed by atoms with Gasteiger partial charge in [0.25, 0.3) is 0 Å². The monoisotopic (exact) mass is 376 g/mol. The summed E-state index contributed by atoms with van der Waals surface area (Å²) in [4.78, 5) is 12.3. The molecule has 0 spiro atoms. The van der Waals surface area contributed by atoms with Crippen LogP contribution in [0.5, 0.6) is 0 Å².